The van der Waals surface area contributed by atoms with Crippen molar-refractivity contribution < 1.29 is 0 Å². The predicted octanol–water partition coefficient (Wildman–Crippen LogP) is 2.68. The Morgan fingerprint density at radius 2 is 1.89 bits per heavy atom. The highest BCUT2D eigenvalue weighted by Gasteiger charge is 2.06. The molecule has 90 valence electrons. The predicted molar refractivity (Wildman–Crippen MR) is 71.0 cm³/mol. The first-order valence-electron chi connectivity index (χ1n) is 5.66. The zero-order chi connectivity index (χ0) is 13.1. The maximum atomic E-state index is 8.76. The smallest absolute Gasteiger partial charge is 0.185 e. The number of hydrogen-bond donors (Lipinski definition) is 0. The van der Waals surface area contributed by atoms with Crippen molar-refractivity contribution >= 4 is 5.82 Å². The highest BCUT2D eigenvalue weighted by atomic mass is 15.2. The van der Waals surface area contributed by atoms with Gasteiger partial charge in [0.15, 0.2) is 12.0 Å². The van der Waals surface area contributed by atoms with Crippen LogP contribution in [0.5, 0.6) is 0 Å². The van der Waals surface area contributed by atoms with Gasteiger partial charge < -0.3 is 0 Å². The summed E-state index contributed by atoms with van der Waals surface area (Å²) in [4.78, 5) is 1.37. The van der Waals surface area contributed by atoms with Crippen molar-refractivity contribution in [3.8, 4) is 17.5 Å². The highest BCUT2D eigenvalue weighted by Crippen LogP contribution is 2.23. The van der Waals surface area contributed by atoms with E-state index in [4.69, 9.17) is 5.26 Å². The molecule has 0 aliphatic rings. The Kier molecular flexibility index (Phi) is 3.24. The van der Waals surface area contributed by atoms with E-state index in [1.807, 2.05) is 26.1 Å². The van der Waals surface area contributed by atoms with Gasteiger partial charge in [0, 0.05) is 12.6 Å². The molecule has 0 fully saturated rings. The molecule has 1 heterocycles. The van der Waals surface area contributed by atoms with Crippen LogP contribution in [-0.4, -0.2) is 17.2 Å². The van der Waals surface area contributed by atoms with Crippen LogP contribution in [0.3, 0.4) is 0 Å². The van der Waals surface area contributed by atoms with Gasteiger partial charge in [0.05, 0.1) is 5.69 Å². The van der Waals surface area contributed by atoms with Crippen LogP contribution in [0, 0.1) is 25.3 Å². The van der Waals surface area contributed by atoms with Crippen LogP contribution in [0.25, 0.3) is 11.3 Å². The SMILES string of the molecule is Cc1ccc(C)c(-c2ccc(N(C)C#N)nn2)c1. The van der Waals surface area contributed by atoms with E-state index < -0.39 is 0 Å². The minimum absolute atomic E-state index is 0.548. The highest BCUT2D eigenvalue weighted by molar-refractivity contribution is 5.64. The first-order chi connectivity index (χ1) is 8.61. The fourth-order valence-corrected chi connectivity index (χ4v) is 1.71. The van der Waals surface area contributed by atoms with Crippen LogP contribution < -0.4 is 4.90 Å². The van der Waals surface area contributed by atoms with Crippen LogP contribution in [0.2, 0.25) is 0 Å². The second-order valence-corrected chi connectivity index (χ2v) is 4.25. The molecule has 0 bridgehead atoms. The average molecular weight is 238 g/mol. The quantitative estimate of drug-likeness (QED) is 0.596. The van der Waals surface area contributed by atoms with Gasteiger partial charge in [0.25, 0.3) is 0 Å². The third-order valence-corrected chi connectivity index (χ3v) is 2.81. The van der Waals surface area contributed by atoms with Gasteiger partial charge in [0.2, 0.25) is 0 Å². The Morgan fingerprint density at radius 3 is 2.50 bits per heavy atom. The van der Waals surface area contributed by atoms with Gasteiger partial charge in [-0.3, -0.25) is 4.90 Å². The molecule has 2 aromatic rings. The molecule has 0 saturated carbocycles. The van der Waals surface area contributed by atoms with Crippen LogP contribution in [0.15, 0.2) is 30.3 Å². The summed E-state index contributed by atoms with van der Waals surface area (Å²) in [5, 5.41) is 17.0. The van der Waals surface area contributed by atoms with Gasteiger partial charge in [-0.1, -0.05) is 17.7 Å². The molecule has 0 atom stereocenters. The molecule has 0 spiro atoms. The van der Waals surface area contributed by atoms with E-state index in [9.17, 15) is 0 Å². The summed E-state index contributed by atoms with van der Waals surface area (Å²) in [6.07, 6.45) is 1.99. The lowest BCUT2D eigenvalue weighted by atomic mass is 10.0. The summed E-state index contributed by atoms with van der Waals surface area (Å²) in [5.41, 5.74) is 4.26. The molecule has 0 saturated heterocycles. The average Bonchev–Trinajstić information content (AvgIpc) is 2.41. The standard InChI is InChI=1S/C14H14N4/c1-10-4-5-11(2)12(8-10)13-6-7-14(17-16-13)18(3)9-15/h4-8H,1-3H3. The van der Waals surface area contributed by atoms with Crippen molar-refractivity contribution in [1.29, 1.82) is 5.26 Å². The van der Waals surface area contributed by atoms with Gasteiger partial charge in [-0.15, -0.1) is 10.2 Å². The molecule has 0 unspecified atom stereocenters. The van der Waals surface area contributed by atoms with Crippen molar-refractivity contribution in [3.05, 3.63) is 41.5 Å². The van der Waals surface area contributed by atoms with E-state index in [0.717, 1.165) is 16.8 Å². The van der Waals surface area contributed by atoms with Crippen molar-refractivity contribution in [2.24, 2.45) is 0 Å². The molecule has 18 heavy (non-hydrogen) atoms. The lowest BCUT2D eigenvalue weighted by Gasteiger charge is -2.09. The fraction of sp³-hybridized carbons (Fsp3) is 0.214. The topological polar surface area (TPSA) is 52.8 Å². The number of benzene rings is 1. The fourth-order valence-electron chi connectivity index (χ4n) is 1.71. The summed E-state index contributed by atoms with van der Waals surface area (Å²) in [6, 6.07) is 9.92. The van der Waals surface area contributed by atoms with Gasteiger partial charge >= 0.3 is 0 Å². The molecule has 0 radical (unpaired) electrons. The van der Waals surface area contributed by atoms with Crippen LogP contribution in [-0.2, 0) is 0 Å². The zero-order valence-corrected chi connectivity index (χ0v) is 10.7. The Labute approximate surface area is 107 Å². The molecular formula is C14H14N4. The molecule has 0 N–H and O–H groups in total. The number of anilines is 1. The summed E-state index contributed by atoms with van der Waals surface area (Å²) in [6.45, 7) is 4.10. The number of rotatable bonds is 2. The van der Waals surface area contributed by atoms with E-state index in [2.05, 4.69) is 28.4 Å². The number of aryl methyl sites for hydroxylation is 2. The van der Waals surface area contributed by atoms with Crippen molar-refractivity contribution in [2.75, 3.05) is 11.9 Å². The Hall–Kier alpha value is -2.41. The first-order valence-corrected chi connectivity index (χ1v) is 5.66. The van der Waals surface area contributed by atoms with Gasteiger partial charge in [-0.2, -0.15) is 5.26 Å². The van der Waals surface area contributed by atoms with Crippen LogP contribution in [0.1, 0.15) is 11.1 Å². The molecule has 1 aromatic heterocycles. The third-order valence-electron chi connectivity index (χ3n) is 2.81. The lowest BCUT2D eigenvalue weighted by Crippen LogP contribution is -2.10. The molecule has 1 aromatic carbocycles. The third kappa shape index (κ3) is 2.30. The Morgan fingerprint density at radius 1 is 1.11 bits per heavy atom. The number of nitriles is 1. The second-order valence-electron chi connectivity index (χ2n) is 4.25. The maximum Gasteiger partial charge on any atom is 0.185 e. The molecule has 0 amide bonds. The Balaban J connectivity index is 2.41. The lowest BCUT2D eigenvalue weighted by molar-refractivity contribution is 0.992. The van der Waals surface area contributed by atoms with Gasteiger partial charge in [0.1, 0.15) is 0 Å². The first kappa shape index (κ1) is 12.1. The summed E-state index contributed by atoms with van der Waals surface area (Å²) in [7, 11) is 1.65. The van der Waals surface area contributed by atoms with Crippen LogP contribution in [0.4, 0.5) is 5.82 Å². The minimum Gasteiger partial charge on any atom is -0.265 e. The zero-order valence-electron chi connectivity index (χ0n) is 10.7. The number of hydrogen-bond acceptors (Lipinski definition) is 4. The van der Waals surface area contributed by atoms with Gasteiger partial charge in [-0.25, -0.2) is 0 Å². The van der Waals surface area contributed by atoms with E-state index in [-0.39, 0.29) is 0 Å². The Bertz CT molecular complexity index is 596. The van der Waals surface area contributed by atoms with Gasteiger partial charge in [-0.05, 0) is 37.6 Å². The minimum atomic E-state index is 0.548. The molecule has 4 nitrogen and oxygen atoms in total. The molecular weight excluding hydrogens is 224 g/mol. The van der Waals surface area contributed by atoms with E-state index in [1.54, 1.807) is 13.1 Å². The second kappa shape index (κ2) is 4.84. The summed E-state index contributed by atoms with van der Waals surface area (Å²) in [5.74, 6) is 0.548. The van der Waals surface area contributed by atoms with Crippen molar-refractivity contribution in [2.45, 2.75) is 13.8 Å². The molecule has 2 rings (SSSR count). The maximum absolute atomic E-state index is 8.76. The van der Waals surface area contributed by atoms with Crippen LogP contribution >= 0.6 is 0 Å². The number of nitrogens with zero attached hydrogens (tertiary/aromatic N) is 4. The molecule has 4 heteroatoms. The van der Waals surface area contributed by atoms with E-state index in [0.29, 0.717) is 5.82 Å². The normalized spacial score (nSPS) is 9.89. The van der Waals surface area contributed by atoms with E-state index in [1.165, 1.54) is 10.5 Å². The van der Waals surface area contributed by atoms with E-state index >= 15 is 0 Å². The monoisotopic (exact) mass is 238 g/mol. The largest absolute Gasteiger partial charge is 0.265 e. The van der Waals surface area contributed by atoms with Crippen molar-refractivity contribution in [1.82, 2.24) is 10.2 Å². The molecule has 0 aliphatic heterocycles. The molecule has 0 aliphatic carbocycles. The number of aromatic nitrogens is 2. The summed E-state index contributed by atoms with van der Waals surface area (Å²) < 4.78 is 0. The summed E-state index contributed by atoms with van der Waals surface area (Å²) >= 11 is 0. The van der Waals surface area contributed by atoms with Crippen molar-refractivity contribution in [3.63, 3.8) is 0 Å².